The molecule has 7 heterocycles. The number of hydrogen-bond donors (Lipinski definition) is 1. The maximum absolute atomic E-state index is 14.0. The number of allylic oxidation sites excluding steroid dienone is 2. The first kappa shape index (κ1) is 27.8. The second-order valence-corrected chi connectivity index (χ2v) is 16.3. The molecule has 244 valence electrons. The van der Waals surface area contributed by atoms with E-state index in [1.807, 2.05) is 6.07 Å². The van der Waals surface area contributed by atoms with Crippen LogP contribution in [0.1, 0.15) is 57.6 Å². The lowest BCUT2D eigenvalue weighted by molar-refractivity contribution is -0.129. The van der Waals surface area contributed by atoms with Gasteiger partial charge in [0, 0.05) is 66.5 Å². The smallest absolute Gasteiger partial charge is 0.224 e. The zero-order valence-corrected chi connectivity index (χ0v) is 27.8. The summed E-state index contributed by atoms with van der Waals surface area (Å²) in [5, 5.41) is 11.5. The average Bonchev–Trinajstić information content (AvgIpc) is 3.84. The van der Waals surface area contributed by atoms with Gasteiger partial charge in [0.25, 0.3) is 0 Å². The van der Waals surface area contributed by atoms with Gasteiger partial charge < -0.3 is 19.6 Å². The maximum Gasteiger partial charge on any atom is 0.224 e. The van der Waals surface area contributed by atoms with Crippen LogP contribution in [0.4, 0.5) is 11.4 Å². The summed E-state index contributed by atoms with van der Waals surface area (Å²) in [6.07, 6.45) is 9.17. The Morgan fingerprint density at radius 3 is 2.26 bits per heavy atom. The van der Waals surface area contributed by atoms with E-state index >= 15 is 0 Å². The monoisotopic (exact) mass is 630 g/mol. The third-order valence-corrected chi connectivity index (χ3v) is 15.3. The summed E-state index contributed by atoms with van der Waals surface area (Å²) in [6.45, 7) is 11.2. The Balaban J connectivity index is 1.14. The molecule has 11 atom stereocenters. The van der Waals surface area contributed by atoms with Crippen molar-refractivity contribution in [3.63, 3.8) is 0 Å². The number of benzene rings is 2. The number of carbonyl (C=O) groups is 1. The summed E-state index contributed by atoms with van der Waals surface area (Å²) in [5.41, 5.74) is 7.87. The second kappa shape index (κ2) is 9.10. The number of phenolic OH excluding ortho intramolecular Hbond substituents is 1. The van der Waals surface area contributed by atoms with E-state index in [0.717, 1.165) is 51.3 Å². The highest BCUT2D eigenvalue weighted by Gasteiger charge is 2.74. The van der Waals surface area contributed by atoms with Crippen molar-refractivity contribution in [3.05, 3.63) is 76.9 Å². The highest BCUT2D eigenvalue weighted by Crippen LogP contribution is 2.69. The minimum Gasteiger partial charge on any atom is -0.506 e. The molecule has 7 aliphatic heterocycles. The van der Waals surface area contributed by atoms with E-state index in [1.54, 1.807) is 24.1 Å². The quantitative estimate of drug-likeness (QED) is 0.438. The van der Waals surface area contributed by atoms with Crippen molar-refractivity contribution in [1.29, 1.82) is 0 Å². The minimum absolute atomic E-state index is 0.0309. The molecule has 5 saturated heterocycles. The summed E-state index contributed by atoms with van der Waals surface area (Å²) in [5.74, 6) is 1.68. The molecular formula is C40H46N4O3. The van der Waals surface area contributed by atoms with Gasteiger partial charge in [-0.15, -0.1) is 0 Å². The third kappa shape index (κ3) is 2.99. The van der Waals surface area contributed by atoms with Gasteiger partial charge in [0.15, 0.2) is 0 Å². The van der Waals surface area contributed by atoms with Crippen molar-refractivity contribution in [3.8, 4) is 5.75 Å². The van der Waals surface area contributed by atoms with Gasteiger partial charge in [-0.3, -0.25) is 14.6 Å². The molecule has 47 heavy (non-hydrogen) atoms. The molecule has 1 amide bonds. The summed E-state index contributed by atoms with van der Waals surface area (Å²) in [6, 6.07) is 16.6. The van der Waals surface area contributed by atoms with E-state index in [1.165, 1.54) is 29.7 Å². The fourth-order valence-corrected chi connectivity index (χ4v) is 14.0. The van der Waals surface area contributed by atoms with Crippen LogP contribution in [0, 0.1) is 23.7 Å². The van der Waals surface area contributed by atoms with Crippen LogP contribution in [-0.2, 0) is 20.4 Å². The topological polar surface area (TPSA) is 59.5 Å². The first-order valence-corrected chi connectivity index (χ1v) is 18.3. The van der Waals surface area contributed by atoms with Crippen LogP contribution in [0.15, 0.2) is 65.8 Å². The van der Waals surface area contributed by atoms with E-state index in [-0.39, 0.29) is 40.7 Å². The number of piperidine rings is 2. The van der Waals surface area contributed by atoms with Gasteiger partial charge in [0.05, 0.1) is 18.3 Å². The first-order valence-electron chi connectivity index (χ1n) is 18.3. The number of ether oxygens (including phenoxy) is 1. The van der Waals surface area contributed by atoms with Crippen molar-refractivity contribution in [2.75, 3.05) is 42.6 Å². The number of fused-ring (bicyclic) bond motifs is 6. The van der Waals surface area contributed by atoms with E-state index in [2.05, 4.69) is 75.9 Å². The fraction of sp³-hybridized carbons (Fsp3) is 0.575. The lowest BCUT2D eigenvalue weighted by Crippen LogP contribution is -2.73. The average molecular weight is 631 g/mol. The van der Waals surface area contributed by atoms with Crippen molar-refractivity contribution in [2.24, 2.45) is 23.7 Å². The Hall–Kier alpha value is -3.13. The van der Waals surface area contributed by atoms with Crippen molar-refractivity contribution in [1.82, 2.24) is 9.80 Å². The van der Waals surface area contributed by atoms with E-state index in [0.29, 0.717) is 35.9 Å². The highest BCUT2D eigenvalue weighted by atomic mass is 16.5. The summed E-state index contributed by atoms with van der Waals surface area (Å²) in [7, 11) is 0. The second-order valence-electron chi connectivity index (χ2n) is 16.3. The summed E-state index contributed by atoms with van der Waals surface area (Å²) in [4.78, 5) is 24.4. The molecule has 0 aromatic heterocycles. The number of anilines is 2. The Labute approximate surface area is 277 Å². The van der Waals surface area contributed by atoms with Gasteiger partial charge in [0.2, 0.25) is 5.91 Å². The fourth-order valence-electron chi connectivity index (χ4n) is 14.0. The van der Waals surface area contributed by atoms with Gasteiger partial charge in [-0.1, -0.05) is 53.6 Å². The molecular weight excluding hydrogens is 584 g/mol. The van der Waals surface area contributed by atoms with Crippen LogP contribution in [0.3, 0.4) is 0 Å². The van der Waals surface area contributed by atoms with Crippen LogP contribution in [0.25, 0.3) is 0 Å². The number of amides is 1. The molecule has 9 aliphatic rings. The van der Waals surface area contributed by atoms with Crippen LogP contribution in [-0.4, -0.2) is 84.0 Å². The normalized spacial score (nSPS) is 45.3. The van der Waals surface area contributed by atoms with Crippen molar-refractivity contribution >= 4 is 17.3 Å². The number of carbonyl (C=O) groups excluding carboxylic acids is 1. The minimum atomic E-state index is -0.220. The molecule has 4 bridgehead atoms. The molecule has 2 aromatic rings. The molecule has 2 aromatic carbocycles. The van der Waals surface area contributed by atoms with Crippen molar-refractivity contribution < 1.29 is 14.6 Å². The standard InChI is InChI=1S/C40H46N4O3/c1-4-23-19-41-15-13-39-28-9-6-7-11-30(28)44-36(39)27(25(23)17-32(39)41)21-47-38(44)34-26-18-33-40(14-16-42(33)20-24(26)5-2)29-10-8-12-31(46)35(29)43(22(3)45)37(34)40/h4-12,25-27,32-34,36-38,46H,13-21H2,1-3H3/b23-4+,24-5+. The van der Waals surface area contributed by atoms with E-state index in [4.69, 9.17) is 4.74 Å². The van der Waals surface area contributed by atoms with Crippen LogP contribution < -0.4 is 9.80 Å². The summed E-state index contributed by atoms with van der Waals surface area (Å²) >= 11 is 0. The Morgan fingerprint density at radius 2 is 1.53 bits per heavy atom. The van der Waals surface area contributed by atoms with Crippen LogP contribution >= 0.6 is 0 Å². The van der Waals surface area contributed by atoms with Gasteiger partial charge in [-0.05, 0) is 87.7 Å². The lowest BCUT2D eigenvalue weighted by Gasteiger charge is -2.63. The number of aromatic hydroxyl groups is 1. The van der Waals surface area contributed by atoms with E-state index < -0.39 is 0 Å². The molecule has 2 spiro atoms. The molecule has 2 aliphatic carbocycles. The maximum atomic E-state index is 14.0. The first-order chi connectivity index (χ1) is 22.9. The molecule has 11 unspecified atom stereocenters. The highest BCUT2D eigenvalue weighted by molar-refractivity contribution is 5.98. The lowest BCUT2D eigenvalue weighted by atomic mass is 9.53. The number of nitrogens with zero attached hydrogens (tertiary/aromatic N) is 4. The Kier molecular flexibility index (Phi) is 5.38. The Bertz CT molecular complexity index is 1800. The largest absolute Gasteiger partial charge is 0.506 e. The van der Waals surface area contributed by atoms with Gasteiger partial charge >= 0.3 is 0 Å². The SMILES string of the molecule is C/C=C1\CN2CCC34c5ccccc5N5C(C6C7CC8N(CCC89c8cccc(O)c8N(C(C)=O)C69)C/C7=C\C)OCC(C1CC23)C54. The molecule has 0 radical (unpaired) electrons. The van der Waals surface area contributed by atoms with Crippen LogP contribution in [0.2, 0.25) is 0 Å². The number of para-hydroxylation sites is 2. The van der Waals surface area contributed by atoms with Crippen LogP contribution in [0.5, 0.6) is 5.75 Å². The summed E-state index contributed by atoms with van der Waals surface area (Å²) < 4.78 is 7.46. The zero-order chi connectivity index (χ0) is 31.6. The van der Waals surface area contributed by atoms with Gasteiger partial charge in [-0.2, -0.15) is 0 Å². The molecule has 2 saturated carbocycles. The molecule has 7 heteroatoms. The Morgan fingerprint density at radius 1 is 0.872 bits per heavy atom. The number of hydrogen-bond acceptors (Lipinski definition) is 6. The number of rotatable bonds is 1. The van der Waals surface area contributed by atoms with E-state index in [9.17, 15) is 9.90 Å². The third-order valence-electron chi connectivity index (χ3n) is 15.3. The predicted octanol–water partition coefficient (Wildman–Crippen LogP) is 5.19. The zero-order valence-electron chi connectivity index (χ0n) is 27.8. The van der Waals surface area contributed by atoms with Crippen molar-refractivity contribution in [2.45, 2.75) is 87.7 Å². The molecule has 7 fully saturated rings. The molecule has 1 N–H and O–H groups in total. The van der Waals surface area contributed by atoms with Gasteiger partial charge in [0.1, 0.15) is 12.0 Å². The number of phenols is 1. The molecule has 11 rings (SSSR count). The van der Waals surface area contributed by atoms with Gasteiger partial charge in [-0.25, -0.2) is 0 Å². The molecule has 7 nitrogen and oxygen atoms in total. The predicted molar refractivity (Wildman–Crippen MR) is 182 cm³/mol.